The normalized spacial score (nSPS) is 9.85. The highest BCUT2D eigenvalue weighted by molar-refractivity contribution is 5.70. The molecule has 0 aliphatic rings. The Hall–Kier alpha value is -0.990. The van der Waals surface area contributed by atoms with Crippen LogP contribution in [0.3, 0.4) is 0 Å². The Morgan fingerprint density at radius 3 is 2.46 bits per heavy atom. The molecule has 0 fully saturated rings. The number of carbonyl (C=O) groups is 1. The van der Waals surface area contributed by atoms with E-state index < -0.39 is 0 Å². The maximum absolute atomic E-state index is 10.8. The minimum Gasteiger partial charge on any atom is -0.487 e. The van der Waals surface area contributed by atoms with Crippen LogP contribution in [0, 0.1) is 5.92 Å². The van der Waals surface area contributed by atoms with E-state index >= 15 is 0 Å². The second-order valence-electron chi connectivity index (χ2n) is 3.23. The van der Waals surface area contributed by atoms with Gasteiger partial charge in [-0.3, -0.25) is 0 Å². The SMILES string of the molecule is C=C(CC(C)C)OCC(=O)OCC. The first-order valence-corrected chi connectivity index (χ1v) is 4.52. The minimum absolute atomic E-state index is 0.0284. The molecule has 0 saturated heterocycles. The zero-order valence-electron chi connectivity index (χ0n) is 8.63. The van der Waals surface area contributed by atoms with Crippen molar-refractivity contribution in [2.75, 3.05) is 13.2 Å². The molecule has 76 valence electrons. The fourth-order valence-corrected chi connectivity index (χ4v) is 0.878. The predicted molar refractivity (Wildman–Crippen MR) is 51.2 cm³/mol. The molecular formula is C10H18O3. The zero-order valence-corrected chi connectivity index (χ0v) is 8.63. The molecule has 0 saturated carbocycles. The van der Waals surface area contributed by atoms with Gasteiger partial charge in [0.1, 0.15) is 0 Å². The quantitative estimate of drug-likeness (QED) is 0.471. The molecule has 0 rings (SSSR count). The van der Waals surface area contributed by atoms with Gasteiger partial charge >= 0.3 is 5.97 Å². The van der Waals surface area contributed by atoms with E-state index in [4.69, 9.17) is 9.47 Å². The molecule has 0 radical (unpaired) electrons. The Morgan fingerprint density at radius 1 is 1.38 bits per heavy atom. The van der Waals surface area contributed by atoms with E-state index in [9.17, 15) is 4.79 Å². The summed E-state index contributed by atoms with van der Waals surface area (Å²) in [5.74, 6) is 0.796. The number of rotatable bonds is 6. The molecule has 0 bridgehead atoms. The second-order valence-corrected chi connectivity index (χ2v) is 3.23. The van der Waals surface area contributed by atoms with E-state index in [1.165, 1.54) is 0 Å². The molecule has 0 amide bonds. The van der Waals surface area contributed by atoms with Gasteiger partial charge in [0.15, 0.2) is 6.61 Å². The van der Waals surface area contributed by atoms with Gasteiger partial charge in [-0.05, 0) is 12.8 Å². The summed E-state index contributed by atoms with van der Waals surface area (Å²) in [6.07, 6.45) is 0.777. The van der Waals surface area contributed by atoms with Gasteiger partial charge in [0.25, 0.3) is 0 Å². The highest BCUT2D eigenvalue weighted by Crippen LogP contribution is 2.09. The molecule has 0 aromatic carbocycles. The summed E-state index contributed by atoms with van der Waals surface area (Å²) in [5.41, 5.74) is 0. The lowest BCUT2D eigenvalue weighted by Crippen LogP contribution is -2.12. The molecule has 0 spiro atoms. The molecule has 0 aromatic rings. The van der Waals surface area contributed by atoms with Crippen LogP contribution in [0.25, 0.3) is 0 Å². The van der Waals surface area contributed by atoms with E-state index in [0.29, 0.717) is 18.3 Å². The average molecular weight is 186 g/mol. The molecule has 0 aliphatic heterocycles. The monoisotopic (exact) mass is 186 g/mol. The second kappa shape index (κ2) is 6.52. The summed E-state index contributed by atoms with van der Waals surface area (Å²) >= 11 is 0. The van der Waals surface area contributed by atoms with Gasteiger partial charge in [0.05, 0.1) is 12.4 Å². The third kappa shape index (κ3) is 7.37. The molecule has 0 heterocycles. The first-order valence-electron chi connectivity index (χ1n) is 4.52. The minimum atomic E-state index is -0.340. The largest absolute Gasteiger partial charge is 0.487 e. The van der Waals surface area contributed by atoms with Gasteiger partial charge in [-0.25, -0.2) is 4.79 Å². The summed E-state index contributed by atoms with van der Waals surface area (Å²) < 4.78 is 9.79. The topological polar surface area (TPSA) is 35.5 Å². The lowest BCUT2D eigenvalue weighted by Gasteiger charge is -2.09. The third-order valence-electron chi connectivity index (χ3n) is 1.34. The summed E-state index contributed by atoms with van der Waals surface area (Å²) in [5, 5.41) is 0. The summed E-state index contributed by atoms with van der Waals surface area (Å²) in [6, 6.07) is 0. The number of carbonyl (C=O) groups excluding carboxylic acids is 1. The van der Waals surface area contributed by atoms with Crippen LogP contribution in [0.4, 0.5) is 0 Å². The lowest BCUT2D eigenvalue weighted by molar-refractivity contribution is -0.147. The van der Waals surface area contributed by atoms with Crippen molar-refractivity contribution >= 4 is 5.97 Å². The van der Waals surface area contributed by atoms with E-state index in [-0.39, 0.29) is 12.6 Å². The van der Waals surface area contributed by atoms with Crippen molar-refractivity contribution in [2.24, 2.45) is 5.92 Å². The molecule has 3 nitrogen and oxygen atoms in total. The molecule has 0 N–H and O–H groups in total. The number of esters is 1. The Kier molecular flexibility index (Phi) is 6.02. The standard InChI is InChI=1S/C10H18O3/c1-5-12-10(11)7-13-9(4)6-8(2)3/h8H,4-7H2,1-3H3. The Bertz CT molecular complexity index is 173. The predicted octanol–water partition coefficient (Wildman–Crippen LogP) is 2.13. The highest BCUT2D eigenvalue weighted by atomic mass is 16.6. The molecule has 0 aliphatic carbocycles. The van der Waals surface area contributed by atoms with E-state index in [1.807, 2.05) is 0 Å². The van der Waals surface area contributed by atoms with Gasteiger partial charge in [-0.2, -0.15) is 0 Å². The summed E-state index contributed by atoms with van der Waals surface area (Å²) in [7, 11) is 0. The fraction of sp³-hybridized carbons (Fsp3) is 0.700. The van der Waals surface area contributed by atoms with Gasteiger partial charge in [-0.15, -0.1) is 0 Å². The van der Waals surface area contributed by atoms with Crippen molar-refractivity contribution < 1.29 is 14.3 Å². The molecule has 0 unspecified atom stereocenters. The van der Waals surface area contributed by atoms with Gasteiger partial charge in [-0.1, -0.05) is 20.4 Å². The Labute approximate surface area is 79.7 Å². The fourth-order valence-electron chi connectivity index (χ4n) is 0.878. The zero-order chi connectivity index (χ0) is 10.3. The number of hydrogen-bond donors (Lipinski definition) is 0. The van der Waals surface area contributed by atoms with Crippen LogP contribution in [0.1, 0.15) is 27.2 Å². The highest BCUT2D eigenvalue weighted by Gasteiger charge is 2.04. The number of hydrogen-bond acceptors (Lipinski definition) is 3. The molecule has 13 heavy (non-hydrogen) atoms. The third-order valence-corrected chi connectivity index (χ3v) is 1.34. The van der Waals surface area contributed by atoms with Crippen LogP contribution in [-0.2, 0) is 14.3 Å². The van der Waals surface area contributed by atoms with Crippen molar-refractivity contribution in [1.82, 2.24) is 0 Å². The first kappa shape index (κ1) is 12.0. The van der Waals surface area contributed by atoms with E-state index in [0.717, 1.165) is 6.42 Å². The van der Waals surface area contributed by atoms with E-state index in [1.54, 1.807) is 6.92 Å². The summed E-state index contributed by atoms with van der Waals surface area (Å²) in [4.78, 5) is 10.8. The maximum atomic E-state index is 10.8. The first-order chi connectivity index (χ1) is 6.06. The Balaban J connectivity index is 3.52. The number of ether oxygens (including phenoxy) is 2. The van der Waals surface area contributed by atoms with Crippen molar-refractivity contribution in [2.45, 2.75) is 27.2 Å². The number of allylic oxidation sites excluding steroid dienone is 1. The smallest absolute Gasteiger partial charge is 0.344 e. The van der Waals surface area contributed by atoms with Crippen molar-refractivity contribution in [3.63, 3.8) is 0 Å². The van der Waals surface area contributed by atoms with Crippen molar-refractivity contribution in [3.05, 3.63) is 12.3 Å². The van der Waals surface area contributed by atoms with Gasteiger partial charge in [0, 0.05) is 6.42 Å². The van der Waals surface area contributed by atoms with Gasteiger partial charge < -0.3 is 9.47 Å². The summed E-state index contributed by atoms with van der Waals surface area (Å²) in [6.45, 7) is 9.96. The van der Waals surface area contributed by atoms with E-state index in [2.05, 4.69) is 20.4 Å². The Morgan fingerprint density at radius 2 is 2.00 bits per heavy atom. The average Bonchev–Trinajstić information content (AvgIpc) is 2.00. The lowest BCUT2D eigenvalue weighted by atomic mass is 10.1. The van der Waals surface area contributed by atoms with Crippen LogP contribution in [0.2, 0.25) is 0 Å². The molecular weight excluding hydrogens is 168 g/mol. The maximum Gasteiger partial charge on any atom is 0.344 e. The van der Waals surface area contributed by atoms with Crippen LogP contribution in [-0.4, -0.2) is 19.2 Å². The van der Waals surface area contributed by atoms with Crippen LogP contribution in [0.5, 0.6) is 0 Å². The van der Waals surface area contributed by atoms with Crippen LogP contribution < -0.4 is 0 Å². The van der Waals surface area contributed by atoms with Crippen molar-refractivity contribution in [3.8, 4) is 0 Å². The molecule has 0 aromatic heterocycles. The van der Waals surface area contributed by atoms with Crippen LogP contribution in [0.15, 0.2) is 12.3 Å². The van der Waals surface area contributed by atoms with Crippen LogP contribution >= 0.6 is 0 Å². The van der Waals surface area contributed by atoms with Gasteiger partial charge in [0.2, 0.25) is 0 Å². The molecule has 0 atom stereocenters. The van der Waals surface area contributed by atoms with Crippen molar-refractivity contribution in [1.29, 1.82) is 0 Å². The molecule has 3 heteroatoms.